The van der Waals surface area contributed by atoms with Crippen LogP contribution >= 0.6 is 0 Å². The predicted octanol–water partition coefficient (Wildman–Crippen LogP) is 2.44. The van der Waals surface area contributed by atoms with Crippen LogP contribution in [0.3, 0.4) is 0 Å². The van der Waals surface area contributed by atoms with Crippen LogP contribution in [0.2, 0.25) is 0 Å². The van der Waals surface area contributed by atoms with E-state index in [0.29, 0.717) is 38.5 Å². The molecular weight excluding hydrogens is 321 g/mol. The second-order valence-electron chi connectivity index (χ2n) is 6.24. The van der Waals surface area contributed by atoms with Gasteiger partial charge < -0.3 is 20.1 Å². The van der Waals surface area contributed by atoms with Crippen LogP contribution in [0, 0.1) is 5.82 Å². The Labute approximate surface area is 147 Å². The van der Waals surface area contributed by atoms with Crippen LogP contribution < -0.4 is 10.2 Å². The molecule has 2 atom stereocenters. The lowest BCUT2D eigenvalue weighted by molar-refractivity contribution is 0.122. The van der Waals surface area contributed by atoms with Crippen LogP contribution in [-0.2, 0) is 4.74 Å². The zero-order valence-corrected chi connectivity index (χ0v) is 14.4. The SMILES string of the molecule is CC(NCC(O)c1ccncc1)c1ccc(N2CCOCC2)c(F)c1. The zero-order chi connectivity index (χ0) is 17.6. The second-order valence-corrected chi connectivity index (χ2v) is 6.24. The van der Waals surface area contributed by atoms with Crippen molar-refractivity contribution in [1.29, 1.82) is 0 Å². The number of ether oxygens (including phenoxy) is 1. The molecule has 1 fully saturated rings. The van der Waals surface area contributed by atoms with E-state index in [9.17, 15) is 9.50 Å². The number of aliphatic hydroxyl groups excluding tert-OH is 1. The van der Waals surface area contributed by atoms with Gasteiger partial charge in [-0.1, -0.05) is 6.07 Å². The van der Waals surface area contributed by atoms with Crippen molar-refractivity contribution in [2.45, 2.75) is 19.1 Å². The van der Waals surface area contributed by atoms with Crippen molar-refractivity contribution in [3.05, 3.63) is 59.7 Å². The number of rotatable bonds is 6. The number of benzene rings is 1. The van der Waals surface area contributed by atoms with Crippen molar-refractivity contribution in [2.75, 3.05) is 37.7 Å². The van der Waals surface area contributed by atoms with E-state index in [1.807, 2.05) is 24.0 Å². The molecule has 1 aliphatic heterocycles. The fraction of sp³-hybridized carbons (Fsp3) is 0.421. The van der Waals surface area contributed by atoms with Gasteiger partial charge in [0.15, 0.2) is 0 Å². The van der Waals surface area contributed by atoms with Crippen LogP contribution in [0.1, 0.15) is 30.2 Å². The van der Waals surface area contributed by atoms with E-state index >= 15 is 0 Å². The summed E-state index contributed by atoms with van der Waals surface area (Å²) in [6.07, 6.45) is 2.69. The first-order chi connectivity index (χ1) is 12.1. The number of aromatic nitrogens is 1. The maximum absolute atomic E-state index is 14.5. The van der Waals surface area contributed by atoms with Gasteiger partial charge in [0.1, 0.15) is 5.82 Å². The first kappa shape index (κ1) is 17.8. The number of anilines is 1. The molecule has 25 heavy (non-hydrogen) atoms. The Bertz CT molecular complexity index is 678. The largest absolute Gasteiger partial charge is 0.387 e. The van der Waals surface area contributed by atoms with Crippen LogP contribution in [0.4, 0.5) is 10.1 Å². The fourth-order valence-electron chi connectivity index (χ4n) is 2.96. The average molecular weight is 345 g/mol. The summed E-state index contributed by atoms with van der Waals surface area (Å²) in [5, 5.41) is 13.5. The van der Waals surface area contributed by atoms with Gasteiger partial charge in [0.05, 0.1) is 25.0 Å². The van der Waals surface area contributed by atoms with Crippen molar-refractivity contribution >= 4 is 5.69 Å². The molecule has 3 rings (SSSR count). The molecule has 0 aliphatic carbocycles. The van der Waals surface area contributed by atoms with Crippen LogP contribution in [-0.4, -0.2) is 42.9 Å². The highest BCUT2D eigenvalue weighted by Crippen LogP contribution is 2.24. The van der Waals surface area contributed by atoms with Crippen molar-refractivity contribution < 1.29 is 14.2 Å². The highest BCUT2D eigenvalue weighted by molar-refractivity contribution is 5.49. The van der Waals surface area contributed by atoms with Gasteiger partial charge in [-0.3, -0.25) is 4.98 Å². The molecule has 0 amide bonds. The van der Waals surface area contributed by atoms with E-state index in [1.54, 1.807) is 30.6 Å². The number of hydrogen-bond donors (Lipinski definition) is 2. The second kappa shape index (κ2) is 8.38. The number of halogens is 1. The molecule has 5 nitrogen and oxygen atoms in total. The molecule has 0 spiro atoms. The lowest BCUT2D eigenvalue weighted by Crippen LogP contribution is -2.36. The van der Waals surface area contributed by atoms with Gasteiger partial charge in [0, 0.05) is 38.1 Å². The highest BCUT2D eigenvalue weighted by Gasteiger charge is 2.17. The normalized spacial score (nSPS) is 17.3. The number of aliphatic hydroxyl groups is 1. The Morgan fingerprint density at radius 1 is 1.20 bits per heavy atom. The van der Waals surface area contributed by atoms with Crippen molar-refractivity contribution in [2.24, 2.45) is 0 Å². The molecule has 2 aromatic rings. The molecule has 1 saturated heterocycles. The minimum atomic E-state index is -0.622. The number of nitrogens with one attached hydrogen (secondary N) is 1. The van der Waals surface area contributed by atoms with E-state index in [1.165, 1.54) is 0 Å². The van der Waals surface area contributed by atoms with Gasteiger partial charge in [0.2, 0.25) is 0 Å². The summed E-state index contributed by atoms with van der Waals surface area (Å²) in [5.74, 6) is -0.220. The van der Waals surface area contributed by atoms with Gasteiger partial charge in [-0.2, -0.15) is 0 Å². The highest BCUT2D eigenvalue weighted by atomic mass is 19.1. The van der Waals surface area contributed by atoms with Crippen LogP contribution in [0.25, 0.3) is 0 Å². The number of pyridine rings is 1. The quantitative estimate of drug-likeness (QED) is 0.842. The number of morpholine rings is 1. The van der Waals surface area contributed by atoms with E-state index in [4.69, 9.17) is 4.74 Å². The Balaban J connectivity index is 1.60. The predicted molar refractivity (Wildman–Crippen MR) is 95.0 cm³/mol. The van der Waals surface area contributed by atoms with E-state index in [-0.39, 0.29) is 11.9 Å². The summed E-state index contributed by atoms with van der Waals surface area (Å²) >= 11 is 0. The molecule has 0 radical (unpaired) electrons. The molecule has 1 aliphatic rings. The standard InChI is InChI=1S/C19H24FN3O2/c1-14(22-13-19(24)15-4-6-21-7-5-15)16-2-3-18(17(20)12-16)23-8-10-25-11-9-23/h2-7,12,14,19,22,24H,8-11,13H2,1H3. The van der Waals surface area contributed by atoms with Gasteiger partial charge >= 0.3 is 0 Å². The molecule has 0 bridgehead atoms. The van der Waals surface area contributed by atoms with Crippen molar-refractivity contribution in [1.82, 2.24) is 10.3 Å². The summed E-state index contributed by atoms with van der Waals surface area (Å²) in [7, 11) is 0. The van der Waals surface area contributed by atoms with E-state index < -0.39 is 6.10 Å². The topological polar surface area (TPSA) is 57.6 Å². The maximum Gasteiger partial charge on any atom is 0.146 e. The lowest BCUT2D eigenvalue weighted by Gasteiger charge is -2.29. The fourth-order valence-corrected chi connectivity index (χ4v) is 2.96. The summed E-state index contributed by atoms with van der Waals surface area (Å²) in [5.41, 5.74) is 2.29. The van der Waals surface area contributed by atoms with Crippen LogP contribution in [0.15, 0.2) is 42.7 Å². The Morgan fingerprint density at radius 2 is 1.92 bits per heavy atom. The summed E-state index contributed by atoms with van der Waals surface area (Å²) in [6.45, 7) is 5.03. The monoisotopic (exact) mass is 345 g/mol. The smallest absolute Gasteiger partial charge is 0.146 e. The molecule has 1 aromatic carbocycles. The third kappa shape index (κ3) is 4.54. The molecule has 0 saturated carbocycles. The lowest BCUT2D eigenvalue weighted by atomic mass is 10.1. The summed E-state index contributed by atoms with van der Waals surface area (Å²) < 4.78 is 19.8. The Morgan fingerprint density at radius 3 is 2.60 bits per heavy atom. The molecule has 1 aromatic heterocycles. The van der Waals surface area contributed by atoms with Gasteiger partial charge in [-0.05, 0) is 42.3 Å². The molecule has 2 N–H and O–H groups in total. The Kier molecular flexibility index (Phi) is 5.96. The summed E-state index contributed by atoms with van der Waals surface area (Å²) in [6, 6.07) is 8.84. The van der Waals surface area contributed by atoms with E-state index in [2.05, 4.69) is 10.3 Å². The van der Waals surface area contributed by atoms with Crippen molar-refractivity contribution in [3.8, 4) is 0 Å². The van der Waals surface area contributed by atoms with E-state index in [0.717, 1.165) is 11.1 Å². The first-order valence-corrected chi connectivity index (χ1v) is 8.58. The molecule has 6 heteroatoms. The zero-order valence-electron chi connectivity index (χ0n) is 14.4. The Hall–Kier alpha value is -2.02. The number of nitrogens with zero attached hydrogens (tertiary/aromatic N) is 2. The molecular formula is C19H24FN3O2. The molecule has 134 valence electrons. The third-order valence-corrected chi connectivity index (χ3v) is 4.53. The summed E-state index contributed by atoms with van der Waals surface area (Å²) in [4.78, 5) is 5.95. The van der Waals surface area contributed by atoms with Gasteiger partial charge in [0.25, 0.3) is 0 Å². The average Bonchev–Trinajstić information content (AvgIpc) is 2.67. The number of hydrogen-bond acceptors (Lipinski definition) is 5. The minimum Gasteiger partial charge on any atom is -0.387 e. The first-order valence-electron chi connectivity index (χ1n) is 8.58. The van der Waals surface area contributed by atoms with Crippen LogP contribution in [0.5, 0.6) is 0 Å². The minimum absolute atomic E-state index is 0.0651. The molecule has 2 unspecified atom stereocenters. The van der Waals surface area contributed by atoms with Crippen molar-refractivity contribution in [3.63, 3.8) is 0 Å². The van der Waals surface area contributed by atoms with Gasteiger partial charge in [-0.15, -0.1) is 0 Å². The molecule has 2 heterocycles. The maximum atomic E-state index is 14.5. The third-order valence-electron chi connectivity index (χ3n) is 4.53. The van der Waals surface area contributed by atoms with Gasteiger partial charge in [-0.25, -0.2) is 4.39 Å².